The van der Waals surface area contributed by atoms with Crippen molar-refractivity contribution in [2.75, 3.05) is 6.61 Å². The van der Waals surface area contributed by atoms with Gasteiger partial charge in [0.15, 0.2) is 11.6 Å². The number of halogens is 2. The van der Waals surface area contributed by atoms with E-state index in [1.165, 1.54) is 6.07 Å². The summed E-state index contributed by atoms with van der Waals surface area (Å²) in [6.07, 6.45) is 1.24. The van der Waals surface area contributed by atoms with E-state index in [1.54, 1.807) is 0 Å². The van der Waals surface area contributed by atoms with Crippen LogP contribution >= 0.6 is 0 Å². The number of benzene rings is 2. The van der Waals surface area contributed by atoms with Gasteiger partial charge in [0, 0.05) is 6.07 Å². The van der Waals surface area contributed by atoms with Crippen molar-refractivity contribution in [2.24, 2.45) is 0 Å². The highest BCUT2D eigenvalue weighted by Gasteiger charge is 2.10. The van der Waals surface area contributed by atoms with Gasteiger partial charge in [-0.15, -0.1) is 0 Å². The lowest BCUT2D eigenvalue weighted by Crippen LogP contribution is -2.03. The van der Waals surface area contributed by atoms with Crippen molar-refractivity contribution in [2.45, 2.75) is 18.8 Å². The van der Waals surface area contributed by atoms with E-state index in [9.17, 15) is 14.0 Å². The van der Waals surface area contributed by atoms with Crippen LogP contribution in [0.15, 0.2) is 48.5 Å². The average Bonchev–Trinajstić information content (AvgIpc) is 2.50. The molecule has 0 spiro atoms. The normalized spacial score (nSPS) is 11.7. The molecule has 0 bridgehead atoms. The van der Waals surface area contributed by atoms with Crippen molar-refractivity contribution in [1.82, 2.24) is 0 Å². The molecule has 0 amide bonds. The lowest BCUT2D eigenvalue weighted by molar-refractivity contribution is 0.289. The summed E-state index contributed by atoms with van der Waals surface area (Å²) in [5.74, 6) is -1.51. The first-order valence-corrected chi connectivity index (χ1v) is 6.73. The summed E-state index contributed by atoms with van der Waals surface area (Å²) in [7, 11) is 0. The Hall–Kier alpha value is -2.41. The van der Waals surface area contributed by atoms with Crippen molar-refractivity contribution in [1.29, 1.82) is 5.26 Å². The van der Waals surface area contributed by atoms with Gasteiger partial charge in [-0.25, -0.2) is 8.78 Å². The van der Waals surface area contributed by atoms with E-state index < -0.39 is 11.6 Å². The van der Waals surface area contributed by atoms with Crippen LogP contribution in [0.1, 0.15) is 24.3 Å². The average molecular weight is 287 g/mol. The van der Waals surface area contributed by atoms with E-state index in [4.69, 9.17) is 4.74 Å². The van der Waals surface area contributed by atoms with Gasteiger partial charge in [0.05, 0.1) is 18.6 Å². The fourth-order valence-electron chi connectivity index (χ4n) is 2.05. The van der Waals surface area contributed by atoms with Crippen molar-refractivity contribution >= 4 is 0 Å². The Labute approximate surface area is 122 Å². The molecule has 2 aromatic carbocycles. The van der Waals surface area contributed by atoms with Crippen molar-refractivity contribution in [3.63, 3.8) is 0 Å². The van der Waals surface area contributed by atoms with E-state index in [1.807, 2.05) is 30.3 Å². The number of hydrogen-bond donors (Lipinski definition) is 0. The molecule has 1 atom stereocenters. The highest BCUT2D eigenvalue weighted by atomic mass is 19.1. The van der Waals surface area contributed by atoms with Gasteiger partial charge >= 0.3 is 0 Å². The van der Waals surface area contributed by atoms with Gasteiger partial charge in [0.2, 0.25) is 0 Å². The Kier molecular flexibility index (Phi) is 5.28. The molecule has 0 saturated heterocycles. The minimum atomic E-state index is -0.713. The zero-order chi connectivity index (χ0) is 15.1. The van der Waals surface area contributed by atoms with Crippen LogP contribution in [0.3, 0.4) is 0 Å². The lowest BCUT2D eigenvalue weighted by Gasteiger charge is -2.10. The molecule has 108 valence electrons. The molecule has 0 saturated carbocycles. The van der Waals surface area contributed by atoms with E-state index >= 15 is 0 Å². The summed E-state index contributed by atoms with van der Waals surface area (Å²) < 4.78 is 31.4. The van der Waals surface area contributed by atoms with E-state index in [2.05, 4.69) is 6.07 Å². The summed E-state index contributed by atoms with van der Waals surface area (Å²) >= 11 is 0. The molecule has 2 rings (SSSR count). The highest BCUT2D eigenvalue weighted by molar-refractivity contribution is 5.25. The maximum Gasteiger partial charge on any atom is 0.167 e. The number of ether oxygens (including phenoxy) is 1. The maximum atomic E-state index is 13.4. The van der Waals surface area contributed by atoms with Crippen molar-refractivity contribution in [3.05, 3.63) is 65.7 Å². The predicted molar refractivity (Wildman–Crippen MR) is 75.9 cm³/mol. The molecule has 0 N–H and O–H groups in total. The Morgan fingerprint density at radius 3 is 2.52 bits per heavy atom. The molecule has 0 fully saturated rings. The molecule has 4 heteroatoms. The second-order valence-corrected chi connectivity index (χ2v) is 4.66. The molecule has 0 aliphatic carbocycles. The molecule has 0 heterocycles. The summed E-state index contributed by atoms with van der Waals surface area (Å²) in [6.45, 7) is 0.285. The molecule has 21 heavy (non-hydrogen) atoms. The van der Waals surface area contributed by atoms with Gasteiger partial charge in [0.1, 0.15) is 5.82 Å². The zero-order valence-electron chi connectivity index (χ0n) is 11.4. The number of rotatable bonds is 6. The molecular formula is C17H15F2NO. The maximum absolute atomic E-state index is 13.4. The van der Waals surface area contributed by atoms with Crippen molar-refractivity contribution in [3.8, 4) is 11.8 Å². The summed E-state index contributed by atoms with van der Waals surface area (Å²) in [6, 6.07) is 15.0. The van der Waals surface area contributed by atoms with Gasteiger partial charge in [-0.1, -0.05) is 30.3 Å². The largest absolute Gasteiger partial charge is 0.491 e. The van der Waals surface area contributed by atoms with E-state index in [0.29, 0.717) is 12.8 Å². The molecule has 0 aliphatic rings. The first kappa shape index (κ1) is 15.0. The van der Waals surface area contributed by atoms with Crippen LogP contribution in [-0.2, 0) is 0 Å². The third-order valence-corrected chi connectivity index (χ3v) is 3.15. The molecule has 1 unspecified atom stereocenters. The van der Waals surface area contributed by atoms with Crippen LogP contribution in [0, 0.1) is 23.0 Å². The first-order valence-electron chi connectivity index (χ1n) is 6.73. The van der Waals surface area contributed by atoms with Crippen LogP contribution in [-0.4, -0.2) is 6.61 Å². The van der Waals surface area contributed by atoms with E-state index in [0.717, 1.165) is 17.7 Å². The Morgan fingerprint density at radius 1 is 1.10 bits per heavy atom. The minimum absolute atomic E-state index is 0.0321. The summed E-state index contributed by atoms with van der Waals surface area (Å²) in [4.78, 5) is 0. The zero-order valence-corrected chi connectivity index (χ0v) is 11.4. The van der Waals surface area contributed by atoms with Crippen molar-refractivity contribution < 1.29 is 13.5 Å². The van der Waals surface area contributed by atoms with E-state index in [-0.39, 0.29) is 18.3 Å². The standard InChI is InChI=1S/C17H15F2NO/c18-15-8-9-17(16(19)11-15)21-10-4-7-14(12-20)13-5-2-1-3-6-13/h1-3,5-6,8-9,11,14H,4,7,10H2. The quantitative estimate of drug-likeness (QED) is 0.736. The van der Waals surface area contributed by atoms with Gasteiger partial charge in [-0.05, 0) is 30.5 Å². The Balaban J connectivity index is 1.83. The molecule has 2 aromatic rings. The van der Waals surface area contributed by atoms with Crippen LogP contribution < -0.4 is 4.74 Å². The van der Waals surface area contributed by atoms with Crippen LogP contribution in [0.4, 0.5) is 8.78 Å². The van der Waals surface area contributed by atoms with Gasteiger partial charge < -0.3 is 4.74 Å². The molecular weight excluding hydrogens is 272 g/mol. The predicted octanol–water partition coefficient (Wildman–Crippen LogP) is 4.43. The highest BCUT2D eigenvalue weighted by Crippen LogP contribution is 2.21. The lowest BCUT2D eigenvalue weighted by atomic mass is 9.96. The van der Waals surface area contributed by atoms with Crippen LogP contribution in [0.25, 0.3) is 0 Å². The van der Waals surface area contributed by atoms with Crippen LogP contribution in [0.5, 0.6) is 5.75 Å². The number of nitrogens with zero attached hydrogens (tertiary/aromatic N) is 1. The molecule has 0 aliphatic heterocycles. The smallest absolute Gasteiger partial charge is 0.167 e. The number of hydrogen-bond acceptors (Lipinski definition) is 2. The molecule has 2 nitrogen and oxygen atoms in total. The monoisotopic (exact) mass is 287 g/mol. The topological polar surface area (TPSA) is 33.0 Å². The Morgan fingerprint density at radius 2 is 1.86 bits per heavy atom. The SMILES string of the molecule is N#CC(CCCOc1ccc(F)cc1F)c1ccccc1. The first-order chi connectivity index (χ1) is 10.2. The van der Waals surface area contributed by atoms with Gasteiger partial charge in [-0.2, -0.15) is 5.26 Å². The van der Waals surface area contributed by atoms with Gasteiger partial charge in [-0.3, -0.25) is 0 Å². The van der Waals surface area contributed by atoms with Crippen LogP contribution in [0.2, 0.25) is 0 Å². The fraction of sp³-hybridized carbons (Fsp3) is 0.235. The number of nitriles is 1. The fourth-order valence-corrected chi connectivity index (χ4v) is 2.05. The third kappa shape index (κ3) is 4.28. The molecule has 0 radical (unpaired) electrons. The minimum Gasteiger partial charge on any atom is -0.491 e. The van der Waals surface area contributed by atoms with Gasteiger partial charge in [0.25, 0.3) is 0 Å². The summed E-state index contributed by atoms with van der Waals surface area (Å²) in [5.41, 5.74) is 0.966. The summed E-state index contributed by atoms with van der Waals surface area (Å²) in [5, 5.41) is 9.18. The molecule has 0 aromatic heterocycles. The third-order valence-electron chi connectivity index (χ3n) is 3.15. The Bertz CT molecular complexity index is 622. The second kappa shape index (κ2) is 7.39. The second-order valence-electron chi connectivity index (χ2n) is 4.66.